The molecule has 0 aromatic carbocycles. The van der Waals surface area contributed by atoms with E-state index in [1.807, 2.05) is 0 Å². The smallest absolute Gasteiger partial charge is 0.0655 e. The van der Waals surface area contributed by atoms with Gasteiger partial charge in [-0.05, 0) is 43.4 Å². The maximum absolute atomic E-state index is 9.04. The molecule has 2 atom stereocenters. The number of nitriles is 1. The first-order chi connectivity index (χ1) is 7.83. The Hall–Kier alpha value is -0.510. The van der Waals surface area contributed by atoms with Crippen molar-refractivity contribution in [1.82, 2.24) is 0 Å². The molecule has 2 aliphatic rings. The molecule has 0 unspecified atom stereocenters. The van der Waals surface area contributed by atoms with Crippen LogP contribution in [-0.4, -0.2) is 0 Å². The predicted molar refractivity (Wildman–Crippen MR) is 66.8 cm³/mol. The van der Waals surface area contributed by atoms with Crippen LogP contribution < -0.4 is 0 Å². The van der Waals surface area contributed by atoms with Gasteiger partial charge in [0.25, 0.3) is 0 Å². The van der Waals surface area contributed by atoms with Gasteiger partial charge in [0, 0.05) is 5.92 Å². The first-order valence-electron chi connectivity index (χ1n) is 7.23. The lowest BCUT2D eigenvalue weighted by atomic mass is 9.68. The average molecular weight is 219 g/mol. The zero-order valence-corrected chi connectivity index (χ0v) is 10.6. The monoisotopic (exact) mass is 219 g/mol. The standard InChI is InChI=1S/C15H25N/c1-2-12-6-8-14(9-7-12)15-5-3-4-13(10-15)11-16/h12-15H,2-10H2,1H3/t12?,13-,14?,15-/m1/s1. The van der Waals surface area contributed by atoms with Crippen molar-refractivity contribution in [3.8, 4) is 6.07 Å². The molecule has 2 saturated carbocycles. The highest BCUT2D eigenvalue weighted by atomic mass is 14.4. The Morgan fingerprint density at radius 2 is 1.75 bits per heavy atom. The van der Waals surface area contributed by atoms with Crippen LogP contribution in [0.4, 0.5) is 0 Å². The van der Waals surface area contributed by atoms with Crippen LogP contribution in [0.25, 0.3) is 0 Å². The van der Waals surface area contributed by atoms with Crippen LogP contribution in [0.2, 0.25) is 0 Å². The van der Waals surface area contributed by atoms with Gasteiger partial charge in [0.2, 0.25) is 0 Å². The molecule has 16 heavy (non-hydrogen) atoms. The van der Waals surface area contributed by atoms with E-state index >= 15 is 0 Å². The molecule has 1 heteroatoms. The average Bonchev–Trinajstić information content (AvgIpc) is 2.39. The minimum Gasteiger partial charge on any atom is -0.198 e. The van der Waals surface area contributed by atoms with Gasteiger partial charge in [-0.3, -0.25) is 0 Å². The van der Waals surface area contributed by atoms with Crippen LogP contribution in [0.15, 0.2) is 0 Å². The highest BCUT2D eigenvalue weighted by Gasteiger charge is 2.30. The van der Waals surface area contributed by atoms with Crippen molar-refractivity contribution >= 4 is 0 Å². The van der Waals surface area contributed by atoms with E-state index in [0.717, 1.165) is 24.2 Å². The van der Waals surface area contributed by atoms with Gasteiger partial charge in [0.15, 0.2) is 0 Å². The van der Waals surface area contributed by atoms with E-state index in [-0.39, 0.29) is 0 Å². The van der Waals surface area contributed by atoms with Gasteiger partial charge in [-0.25, -0.2) is 0 Å². The van der Waals surface area contributed by atoms with Gasteiger partial charge in [0.05, 0.1) is 6.07 Å². The molecule has 0 radical (unpaired) electrons. The molecule has 0 aromatic rings. The van der Waals surface area contributed by atoms with Gasteiger partial charge >= 0.3 is 0 Å². The summed E-state index contributed by atoms with van der Waals surface area (Å²) in [4.78, 5) is 0. The normalized spacial score (nSPS) is 40.2. The van der Waals surface area contributed by atoms with Gasteiger partial charge in [-0.1, -0.05) is 39.0 Å². The fourth-order valence-corrected chi connectivity index (χ4v) is 3.84. The minimum absolute atomic E-state index is 0.377. The third-order valence-electron chi connectivity index (χ3n) is 5.03. The lowest BCUT2D eigenvalue weighted by Gasteiger charge is -2.36. The van der Waals surface area contributed by atoms with E-state index in [1.54, 1.807) is 0 Å². The first kappa shape index (κ1) is 12.0. The molecule has 0 bridgehead atoms. The van der Waals surface area contributed by atoms with Crippen LogP contribution in [0, 0.1) is 35.0 Å². The van der Waals surface area contributed by atoms with Crippen molar-refractivity contribution in [3.05, 3.63) is 0 Å². The highest BCUT2D eigenvalue weighted by molar-refractivity contribution is 4.90. The SMILES string of the molecule is CCC1CCC([C@@H]2CCC[C@@H](C#N)C2)CC1. The van der Waals surface area contributed by atoms with E-state index in [1.165, 1.54) is 51.4 Å². The Morgan fingerprint density at radius 1 is 1.00 bits per heavy atom. The third-order valence-corrected chi connectivity index (χ3v) is 5.03. The van der Waals surface area contributed by atoms with Crippen molar-refractivity contribution in [2.45, 2.75) is 64.7 Å². The quantitative estimate of drug-likeness (QED) is 0.669. The molecule has 0 aliphatic heterocycles. The third kappa shape index (κ3) is 2.78. The summed E-state index contributed by atoms with van der Waals surface area (Å²) in [5.74, 6) is 3.23. The Balaban J connectivity index is 1.82. The molecule has 0 spiro atoms. The molecular weight excluding hydrogens is 194 g/mol. The summed E-state index contributed by atoms with van der Waals surface area (Å²) in [5.41, 5.74) is 0. The maximum Gasteiger partial charge on any atom is 0.0655 e. The Kier molecular flexibility index (Phi) is 4.27. The Bertz CT molecular complexity index is 245. The summed E-state index contributed by atoms with van der Waals surface area (Å²) in [5, 5.41) is 9.04. The summed E-state index contributed by atoms with van der Waals surface area (Å²) in [6, 6.07) is 2.49. The van der Waals surface area contributed by atoms with E-state index in [4.69, 9.17) is 5.26 Å². The zero-order chi connectivity index (χ0) is 11.4. The van der Waals surface area contributed by atoms with Crippen LogP contribution in [-0.2, 0) is 0 Å². The van der Waals surface area contributed by atoms with Gasteiger partial charge in [0.1, 0.15) is 0 Å². The van der Waals surface area contributed by atoms with Crippen molar-refractivity contribution in [2.24, 2.45) is 23.7 Å². The summed E-state index contributed by atoms with van der Waals surface area (Å²) in [6.45, 7) is 2.33. The summed E-state index contributed by atoms with van der Waals surface area (Å²) >= 11 is 0. The molecule has 1 nitrogen and oxygen atoms in total. The van der Waals surface area contributed by atoms with Crippen molar-refractivity contribution in [2.75, 3.05) is 0 Å². The first-order valence-corrected chi connectivity index (χ1v) is 7.23. The molecule has 90 valence electrons. The maximum atomic E-state index is 9.04. The highest BCUT2D eigenvalue weighted by Crippen LogP contribution is 2.41. The number of hydrogen-bond acceptors (Lipinski definition) is 1. The van der Waals surface area contributed by atoms with Crippen molar-refractivity contribution < 1.29 is 0 Å². The van der Waals surface area contributed by atoms with Crippen LogP contribution in [0.3, 0.4) is 0 Å². The molecular formula is C15H25N. The van der Waals surface area contributed by atoms with Gasteiger partial charge in [-0.15, -0.1) is 0 Å². The number of nitrogens with zero attached hydrogens (tertiary/aromatic N) is 1. The Morgan fingerprint density at radius 3 is 2.38 bits per heavy atom. The molecule has 2 rings (SSSR count). The summed E-state index contributed by atoms with van der Waals surface area (Å²) in [7, 11) is 0. The molecule has 2 fully saturated rings. The fraction of sp³-hybridized carbons (Fsp3) is 0.933. The molecule has 0 N–H and O–H groups in total. The van der Waals surface area contributed by atoms with E-state index in [2.05, 4.69) is 13.0 Å². The second kappa shape index (κ2) is 5.71. The van der Waals surface area contributed by atoms with Gasteiger partial charge in [-0.2, -0.15) is 5.26 Å². The van der Waals surface area contributed by atoms with E-state index < -0.39 is 0 Å². The predicted octanol–water partition coefficient (Wildman–Crippen LogP) is 4.53. The summed E-state index contributed by atoms with van der Waals surface area (Å²) < 4.78 is 0. The van der Waals surface area contributed by atoms with Gasteiger partial charge < -0.3 is 0 Å². The fourth-order valence-electron chi connectivity index (χ4n) is 3.84. The molecule has 0 saturated heterocycles. The van der Waals surface area contributed by atoms with E-state index in [9.17, 15) is 0 Å². The van der Waals surface area contributed by atoms with Crippen molar-refractivity contribution in [1.29, 1.82) is 5.26 Å². The second-order valence-electron chi connectivity index (χ2n) is 5.94. The van der Waals surface area contributed by atoms with Crippen LogP contribution in [0.1, 0.15) is 64.7 Å². The van der Waals surface area contributed by atoms with E-state index in [0.29, 0.717) is 5.92 Å². The Labute approximate surface area is 100 Å². The molecule has 0 aromatic heterocycles. The largest absolute Gasteiger partial charge is 0.198 e. The lowest BCUT2D eigenvalue weighted by Crippen LogP contribution is -2.26. The summed E-state index contributed by atoms with van der Waals surface area (Å²) in [6.07, 6.45) is 12.2. The number of rotatable bonds is 2. The lowest BCUT2D eigenvalue weighted by molar-refractivity contribution is 0.152. The van der Waals surface area contributed by atoms with Crippen LogP contribution >= 0.6 is 0 Å². The molecule has 2 aliphatic carbocycles. The molecule has 0 heterocycles. The second-order valence-corrected chi connectivity index (χ2v) is 5.94. The number of hydrogen-bond donors (Lipinski definition) is 0. The van der Waals surface area contributed by atoms with Crippen LogP contribution in [0.5, 0.6) is 0 Å². The zero-order valence-electron chi connectivity index (χ0n) is 10.6. The molecule has 0 amide bonds. The minimum atomic E-state index is 0.377. The topological polar surface area (TPSA) is 23.8 Å². The van der Waals surface area contributed by atoms with Crippen molar-refractivity contribution in [3.63, 3.8) is 0 Å².